The van der Waals surface area contributed by atoms with Crippen molar-refractivity contribution in [1.29, 1.82) is 0 Å². The first kappa shape index (κ1) is 23.7. The maximum absolute atomic E-state index is 13.0. The number of carbonyl (C=O) groups is 1. The van der Waals surface area contributed by atoms with Gasteiger partial charge in [-0.3, -0.25) is 9.10 Å². The highest BCUT2D eigenvalue weighted by atomic mass is 32.2. The lowest BCUT2D eigenvalue weighted by Crippen LogP contribution is -2.49. The zero-order valence-corrected chi connectivity index (χ0v) is 19.4. The molecule has 0 aliphatic heterocycles. The van der Waals surface area contributed by atoms with Crippen LogP contribution in [0.2, 0.25) is 0 Å². The van der Waals surface area contributed by atoms with Crippen molar-refractivity contribution < 1.29 is 17.9 Å². The highest BCUT2D eigenvalue weighted by Gasteiger charge is 2.31. The fourth-order valence-corrected chi connectivity index (χ4v) is 4.64. The average Bonchev–Trinajstić information content (AvgIpc) is 2.61. The van der Waals surface area contributed by atoms with Crippen molar-refractivity contribution in [3.63, 3.8) is 0 Å². The second-order valence-electron chi connectivity index (χ2n) is 7.86. The Morgan fingerprint density at radius 3 is 2.27 bits per heavy atom. The topological polar surface area (TPSA) is 75.7 Å². The molecule has 0 aromatic heterocycles. The number of carbonyl (C=O) groups excluding carboxylic acids is 1. The van der Waals surface area contributed by atoms with Gasteiger partial charge in [0.15, 0.2) is 0 Å². The van der Waals surface area contributed by atoms with Crippen LogP contribution in [0.25, 0.3) is 0 Å². The molecule has 2 aromatic rings. The molecule has 1 amide bonds. The Labute approximate surface area is 180 Å². The lowest BCUT2D eigenvalue weighted by molar-refractivity contribution is -0.122. The van der Waals surface area contributed by atoms with Gasteiger partial charge in [0.1, 0.15) is 11.8 Å². The SMILES string of the molecule is CC[C@@H](C(=O)NCc1cccc(OC(C)C)c1)N(c1cc(C)cc(C)c1)S(C)(=O)=O. The molecule has 2 rings (SSSR count). The minimum Gasteiger partial charge on any atom is -0.491 e. The van der Waals surface area contributed by atoms with E-state index in [0.717, 1.165) is 28.7 Å². The number of sulfonamides is 1. The summed E-state index contributed by atoms with van der Waals surface area (Å²) in [5.74, 6) is 0.397. The van der Waals surface area contributed by atoms with E-state index in [1.807, 2.05) is 65.0 Å². The molecule has 2 aromatic carbocycles. The number of hydrogen-bond donors (Lipinski definition) is 1. The van der Waals surface area contributed by atoms with Crippen molar-refractivity contribution in [2.75, 3.05) is 10.6 Å². The Morgan fingerprint density at radius 2 is 1.73 bits per heavy atom. The molecule has 6 nitrogen and oxygen atoms in total. The summed E-state index contributed by atoms with van der Waals surface area (Å²) in [6.45, 7) is 9.81. The van der Waals surface area contributed by atoms with Gasteiger partial charge in [-0.1, -0.05) is 25.1 Å². The molecule has 0 radical (unpaired) electrons. The van der Waals surface area contributed by atoms with E-state index in [0.29, 0.717) is 12.1 Å². The predicted octanol–water partition coefficient (Wildman–Crippen LogP) is 3.95. The fraction of sp³-hybridized carbons (Fsp3) is 0.435. The number of anilines is 1. The molecule has 0 aliphatic carbocycles. The van der Waals surface area contributed by atoms with Gasteiger partial charge in [-0.05, 0) is 75.1 Å². The summed E-state index contributed by atoms with van der Waals surface area (Å²) in [4.78, 5) is 13.0. The summed E-state index contributed by atoms with van der Waals surface area (Å²) in [6, 6.07) is 12.2. The number of aryl methyl sites for hydroxylation is 2. The molecule has 30 heavy (non-hydrogen) atoms. The minimum absolute atomic E-state index is 0.0559. The second-order valence-corrected chi connectivity index (χ2v) is 9.72. The van der Waals surface area contributed by atoms with Crippen LogP contribution in [0.3, 0.4) is 0 Å². The Bertz CT molecular complexity index is 966. The molecule has 164 valence electrons. The smallest absolute Gasteiger partial charge is 0.244 e. The molecule has 0 heterocycles. The maximum atomic E-state index is 13.0. The van der Waals surface area contributed by atoms with Gasteiger partial charge >= 0.3 is 0 Å². The van der Waals surface area contributed by atoms with Crippen LogP contribution in [0, 0.1) is 13.8 Å². The van der Waals surface area contributed by atoms with E-state index in [9.17, 15) is 13.2 Å². The normalized spacial score (nSPS) is 12.5. The third kappa shape index (κ3) is 6.49. The van der Waals surface area contributed by atoms with Gasteiger partial charge in [-0.25, -0.2) is 8.42 Å². The van der Waals surface area contributed by atoms with Gasteiger partial charge in [0.2, 0.25) is 15.9 Å². The molecule has 0 saturated carbocycles. The molecule has 0 aliphatic rings. The van der Waals surface area contributed by atoms with Crippen LogP contribution in [-0.2, 0) is 21.4 Å². The average molecular weight is 433 g/mol. The molecule has 0 saturated heterocycles. The largest absolute Gasteiger partial charge is 0.491 e. The summed E-state index contributed by atoms with van der Waals surface area (Å²) in [5, 5.41) is 2.88. The van der Waals surface area contributed by atoms with E-state index in [1.165, 1.54) is 4.31 Å². The van der Waals surface area contributed by atoms with Gasteiger partial charge in [0, 0.05) is 6.54 Å². The van der Waals surface area contributed by atoms with Gasteiger partial charge in [-0.2, -0.15) is 0 Å². The Balaban J connectivity index is 2.24. The number of amides is 1. The van der Waals surface area contributed by atoms with Crippen LogP contribution >= 0.6 is 0 Å². The van der Waals surface area contributed by atoms with Crippen molar-refractivity contribution >= 4 is 21.6 Å². The van der Waals surface area contributed by atoms with Gasteiger partial charge in [0.05, 0.1) is 18.0 Å². The monoisotopic (exact) mass is 432 g/mol. The van der Waals surface area contributed by atoms with E-state index in [-0.39, 0.29) is 18.6 Å². The highest BCUT2D eigenvalue weighted by Crippen LogP contribution is 2.25. The van der Waals surface area contributed by atoms with Crippen LogP contribution in [0.4, 0.5) is 5.69 Å². The number of rotatable bonds is 9. The van der Waals surface area contributed by atoms with E-state index in [2.05, 4.69) is 5.32 Å². The van der Waals surface area contributed by atoms with Crippen LogP contribution in [-0.4, -0.2) is 32.7 Å². The summed E-state index contributed by atoms with van der Waals surface area (Å²) < 4.78 is 32.1. The lowest BCUT2D eigenvalue weighted by atomic mass is 10.1. The number of ether oxygens (including phenoxy) is 1. The Kier molecular flexibility index (Phi) is 7.89. The standard InChI is InChI=1S/C23H32N2O4S/c1-7-22(25(30(6,27)28)20-12-17(4)11-18(5)13-20)23(26)24-15-19-9-8-10-21(14-19)29-16(2)3/h8-14,16,22H,7,15H2,1-6H3,(H,24,26)/t22-/m0/s1. The molecule has 0 fully saturated rings. The summed E-state index contributed by atoms with van der Waals surface area (Å²) in [6.07, 6.45) is 1.54. The molecule has 0 bridgehead atoms. The minimum atomic E-state index is -3.66. The van der Waals surface area contributed by atoms with Crippen LogP contribution in [0.5, 0.6) is 5.75 Å². The van der Waals surface area contributed by atoms with Gasteiger partial charge in [0.25, 0.3) is 0 Å². The quantitative estimate of drug-likeness (QED) is 0.651. The third-order valence-corrected chi connectivity index (χ3v) is 5.71. The summed E-state index contributed by atoms with van der Waals surface area (Å²) in [5.41, 5.74) is 3.27. The van der Waals surface area contributed by atoms with Crippen molar-refractivity contribution in [1.82, 2.24) is 5.32 Å². The number of nitrogens with zero attached hydrogens (tertiary/aromatic N) is 1. The van der Waals surface area contributed by atoms with Crippen LogP contribution in [0.1, 0.15) is 43.9 Å². The zero-order chi connectivity index (χ0) is 22.5. The van der Waals surface area contributed by atoms with E-state index >= 15 is 0 Å². The molecule has 1 N–H and O–H groups in total. The molecular weight excluding hydrogens is 400 g/mol. The number of hydrogen-bond acceptors (Lipinski definition) is 4. The first-order valence-electron chi connectivity index (χ1n) is 10.1. The lowest BCUT2D eigenvalue weighted by Gasteiger charge is -2.30. The number of nitrogens with one attached hydrogen (secondary N) is 1. The molecule has 7 heteroatoms. The first-order valence-corrected chi connectivity index (χ1v) is 12.0. The summed E-state index contributed by atoms with van der Waals surface area (Å²) in [7, 11) is -3.66. The first-order chi connectivity index (χ1) is 14.0. The van der Waals surface area contributed by atoms with Gasteiger partial charge in [-0.15, -0.1) is 0 Å². The number of benzene rings is 2. The van der Waals surface area contributed by atoms with Crippen molar-refractivity contribution in [3.05, 3.63) is 59.2 Å². The molecule has 0 unspecified atom stereocenters. The fourth-order valence-electron chi connectivity index (χ4n) is 3.45. The van der Waals surface area contributed by atoms with E-state index < -0.39 is 16.1 Å². The van der Waals surface area contributed by atoms with Crippen LogP contribution in [0.15, 0.2) is 42.5 Å². The van der Waals surface area contributed by atoms with Crippen molar-refractivity contribution in [2.45, 2.75) is 59.7 Å². The molecular formula is C23H32N2O4S. The summed E-state index contributed by atoms with van der Waals surface area (Å²) >= 11 is 0. The maximum Gasteiger partial charge on any atom is 0.244 e. The molecule has 1 atom stereocenters. The Morgan fingerprint density at radius 1 is 1.10 bits per heavy atom. The van der Waals surface area contributed by atoms with Crippen molar-refractivity contribution in [2.24, 2.45) is 0 Å². The highest BCUT2D eigenvalue weighted by molar-refractivity contribution is 7.92. The molecule has 0 spiro atoms. The van der Waals surface area contributed by atoms with E-state index in [1.54, 1.807) is 12.1 Å². The third-order valence-electron chi connectivity index (χ3n) is 4.53. The van der Waals surface area contributed by atoms with E-state index in [4.69, 9.17) is 4.74 Å². The predicted molar refractivity (Wildman–Crippen MR) is 121 cm³/mol. The Hall–Kier alpha value is -2.54. The zero-order valence-electron chi connectivity index (χ0n) is 18.6. The van der Waals surface area contributed by atoms with Crippen molar-refractivity contribution in [3.8, 4) is 5.75 Å². The second kappa shape index (κ2) is 9.98. The van der Waals surface area contributed by atoms with Crippen LogP contribution < -0.4 is 14.4 Å². The van der Waals surface area contributed by atoms with Gasteiger partial charge < -0.3 is 10.1 Å².